The number of hydrogen-bond donors (Lipinski definition) is 2. The molecule has 5 heterocycles. The minimum Gasteiger partial charge on any atom is -0.360 e. The molecule has 0 saturated carbocycles. The van der Waals surface area contributed by atoms with E-state index in [1.807, 2.05) is 107 Å². The Kier molecular flexibility index (Phi) is 7.79. The molecule has 4 nitrogen and oxygen atoms in total. The van der Waals surface area contributed by atoms with Crippen LogP contribution in [0, 0.1) is 0 Å². The van der Waals surface area contributed by atoms with Crippen molar-refractivity contribution in [3.05, 3.63) is 65.7 Å². The van der Waals surface area contributed by atoms with Crippen LogP contribution in [0.15, 0.2) is 75.5 Å². The highest BCUT2D eigenvalue weighted by atomic mass is 32.3. The highest BCUT2D eigenvalue weighted by Crippen LogP contribution is 2.64. The summed E-state index contributed by atoms with van der Waals surface area (Å²) in [6, 6.07) is 12.5. The molecule has 0 atom stereocenters. The number of thioether (sulfide) groups is 6. The van der Waals surface area contributed by atoms with Gasteiger partial charge in [0.2, 0.25) is 0 Å². The number of rotatable bonds is 8. The summed E-state index contributed by atoms with van der Waals surface area (Å²) in [6.07, 6.45) is 6.26. The topological polar surface area (TPSA) is 57.4 Å². The van der Waals surface area contributed by atoms with Crippen LogP contribution < -0.4 is 0 Å². The lowest BCUT2D eigenvalue weighted by Crippen LogP contribution is -1.96. The van der Waals surface area contributed by atoms with Gasteiger partial charge in [0.15, 0.2) is 0 Å². The molecule has 1 aromatic carbocycles. The van der Waals surface area contributed by atoms with Gasteiger partial charge in [-0.1, -0.05) is 60.9 Å². The largest absolute Gasteiger partial charge is 0.360 e. The van der Waals surface area contributed by atoms with Crippen LogP contribution in [0.4, 0.5) is 0 Å². The summed E-state index contributed by atoms with van der Waals surface area (Å²) in [5.74, 6) is 2.36. The molecule has 0 radical (unpaired) electrons. The summed E-state index contributed by atoms with van der Waals surface area (Å²) >= 11 is 11.7. The van der Waals surface area contributed by atoms with E-state index in [0.29, 0.717) is 0 Å². The molecular formula is C26H24N4S6. The Hall–Kier alpha value is -1.30. The van der Waals surface area contributed by atoms with Crippen molar-refractivity contribution in [3.63, 3.8) is 0 Å². The highest BCUT2D eigenvalue weighted by molar-refractivity contribution is 8.42. The normalized spacial score (nSPS) is 15.5. The van der Waals surface area contributed by atoms with Crippen LogP contribution in [0.5, 0.6) is 0 Å². The van der Waals surface area contributed by atoms with Crippen LogP contribution >= 0.6 is 70.6 Å². The molecule has 2 aliphatic rings. The zero-order valence-electron chi connectivity index (χ0n) is 19.8. The zero-order valence-corrected chi connectivity index (χ0v) is 24.7. The van der Waals surface area contributed by atoms with Crippen molar-refractivity contribution in [2.75, 3.05) is 11.5 Å². The molecule has 0 spiro atoms. The molecule has 2 aliphatic heterocycles. The maximum atomic E-state index is 5.09. The second kappa shape index (κ2) is 11.2. The zero-order chi connectivity index (χ0) is 24.5. The highest BCUT2D eigenvalue weighted by Gasteiger charge is 2.29. The van der Waals surface area contributed by atoms with E-state index in [1.165, 1.54) is 51.1 Å². The summed E-state index contributed by atoms with van der Waals surface area (Å²) < 4.78 is 5.77. The Labute approximate surface area is 236 Å². The predicted octanol–water partition coefficient (Wildman–Crippen LogP) is 9.84. The number of nitrogens with one attached hydrogen (secondary N) is 2. The number of H-pyrrole nitrogens is 2. The van der Waals surface area contributed by atoms with E-state index in [2.05, 4.69) is 35.9 Å². The van der Waals surface area contributed by atoms with Gasteiger partial charge >= 0.3 is 0 Å². The molecule has 6 rings (SSSR count). The first-order valence-corrected chi connectivity index (χ1v) is 17.1. The predicted molar refractivity (Wildman–Crippen MR) is 166 cm³/mol. The SMILES string of the molecule is CCCSC1=C(SCCC)SC(=C2Sc3cc4nc(-c5ccc[nH]5)c(-c5ccc[nH]5)nc4cc3S2)S1. The molecule has 36 heavy (non-hydrogen) atoms. The van der Waals surface area contributed by atoms with E-state index in [9.17, 15) is 0 Å². The molecule has 184 valence electrons. The molecule has 4 aromatic rings. The van der Waals surface area contributed by atoms with Crippen LogP contribution in [0.25, 0.3) is 33.8 Å². The van der Waals surface area contributed by atoms with Gasteiger partial charge in [-0.25, -0.2) is 9.97 Å². The monoisotopic (exact) mass is 584 g/mol. The van der Waals surface area contributed by atoms with Gasteiger partial charge in [-0.3, -0.25) is 0 Å². The number of nitrogens with zero attached hydrogens (tertiary/aromatic N) is 2. The maximum Gasteiger partial charge on any atom is 0.115 e. The first-order chi connectivity index (χ1) is 17.7. The van der Waals surface area contributed by atoms with Crippen molar-refractivity contribution in [1.29, 1.82) is 0 Å². The van der Waals surface area contributed by atoms with Crippen LogP contribution in [0.2, 0.25) is 0 Å². The van der Waals surface area contributed by atoms with Gasteiger partial charge in [-0.05, 0) is 60.7 Å². The lowest BCUT2D eigenvalue weighted by atomic mass is 10.1. The molecule has 10 heteroatoms. The average molecular weight is 585 g/mol. The molecule has 0 unspecified atom stereocenters. The summed E-state index contributed by atoms with van der Waals surface area (Å²) in [5, 5.41) is 0. The minimum absolute atomic E-state index is 0.866. The van der Waals surface area contributed by atoms with Gasteiger partial charge in [0.05, 0.1) is 39.4 Å². The third-order valence-corrected chi connectivity index (χ3v) is 14.4. The maximum absolute atomic E-state index is 5.09. The van der Waals surface area contributed by atoms with E-state index in [1.54, 1.807) is 0 Å². The third kappa shape index (κ3) is 5.05. The lowest BCUT2D eigenvalue weighted by Gasteiger charge is -2.09. The summed E-state index contributed by atoms with van der Waals surface area (Å²) in [6.45, 7) is 4.51. The summed E-state index contributed by atoms with van der Waals surface area (Å²) in [4.78, 5) is 19.3. The molecule has 3 aromatic heterocycles. The fraction of sp³-hybridized carbons (Fsp3) is 0.231. The van der Waals surface area contributed by atoms with Crippen LogP contribution in [0.1, 0.15) is 26.7 Å². The second-order valence-electron chi connectivity index (χ2n) is 8.13. The van der Waals surface area contributed by atoms with Crippen LogP contribution in [-0.2, 0) is 0 Å². The van der Waals surface area contributed by atoms with E-state index in [4.69, 9.17) is 9.97 Å². The van der Waals surface area contributed by atoms with Gasteiger partial charge < -0.3 is 9.97 Å². The molecule has 0 aliphatic carbocycles. The van der Waals surface area contributed by atoms with Crippen LogP contribution in [-0.4, -0.2) is 31.4 Å². The van der Waals surface area contributed by atoms with Crippen LogP contribution in [0.3, 0.4) is 0 Å². The lowest BCUT2D eigenvalue weighted by molar-refractivity contribution is 1.11. The van der Waals surface area contributed by atoms with Gasteiger partial charge in [0.25, 0.3) is 0 Å². The van der Waals surface area contributed by atoms with Crippen molar-refractivity contribution in [3.8, 4) is 22.8 Å². The van der Waals surface area contributed by atoms with Crippen molar-refractivity contribution in [2.24, 2.45) is 0 Å². The molecule has 0 amide bonds. The third-order valence-electron chi connectivity index (χ3n) is 5.42. The van der Waals surface area contributed by atoms with Gasteiger partial charge in [0.1, 0.15) is 11.4 Å². The minimum atomic E-state index is 0.866. The number of hydrogen-bond acceptors (Lipinski definition) is 8. The van der Waals surface area contributed by atoms with E-state index >= 15 is 0 Å². The van der Waals surface area contributed by atoms with E-state index in [0.717, 1.165) is 33.8 Å². The molecule has 0 saturated heterocycles. The number of aromatic amines is 2. The Morgan fingerprint density at radius 1 is 0.694 bits per heavy atom. The van der Waals surface area contributed by atoms with E-state index < -0.39 is 0 Å². The van der Waals surface area contributed by atoms with Gasteiger partial charge in [0, 0.05) is 22.2 Å². The van der Waals surface area contributed by atoms with Crippen molar-refractivity contribution >= 4 is 81.6 Å². The van der Waals surface area contributed by atoms with Gasteiger partial charge in [-0.15, -0.1) is 23.5 Å². The van der Waals surface area contributed by atoms with Gasteiger partial charge in [-0.2, -0.15) is 0 Å². The number of aromatic nitrogens is 4. The standard InChI is InChI=1S/C26H24N4S6/c1-3-11-31-23-24(32-12-4-2)36-26(35-23)25-33-19-13-17-18(14-20(19)34-25)30-22(16-8-6-10-28-16)21(29-17)15-7-5-9-27-15/h5-10,13-14,27-28H,3-4,11-12H2,1-2H3. The van der Waals surface area contributed by atoms with Crippen molar-refractivity contribution in [1.82, 2.24) is 19.9 Å². The van der Waals surface area contributed by atoms with Crippen molar-refractivity contribution in [2.45, 2.75) is 36.5 Å². The second-order valence-corrected chi connectivity index (χ2v) is 15.5. The first-order valence-electron chi connectivity index (χ1n) is 11.8. The first kappa shape index (κ1) is 25.0. The number of benzene rings is 1. The molecule has 0 fully saturated rings. The molecule has 0 bridgehead atoms. The molecular weight excluding hydrogens is 561 g/mol. The fourth-order valence-electron chi connectivity index (χ4n) is 3.78. The summed E-state index contributed by atoms with van der Waals surface area (Å²) in [7, 11) is 0. The number of fused-ring (bicyclic) bond motifs is 2. The Morgan fingerprint density at radius 2 is 1.17 bits per heavy atom. The smallest absolute Gasteiger partial charge is 0.115 e. The average Bonchev–Trinajstić information content (AvgIpc) is 3.70. The van der Waals surface area contributed by atoms with Crippen molar-refractivity contribution < 1.29 is 0 Å². The Balaban J connectivity index is 1.34. The molecule has 2 N–H and O–H groups in total. The Morgan fingerprint density at radius 3 is 1.58 bits per heavy atom. The summed E-state index contributed by atoms with van der Waals surface area (Å²) in [5.41, 5.74) is 5.53. The fourth-order valence-corrected chi connectivity index (χ4v) is 12.3. The van der Waals surface area contributed by atoms with E-state index in [-0.39, 0.29) is 0 Å². The Bertz CT molecular complexity index is 1350. The quantitative estimate of drug-likeness (QED) is 0.212.